The molecule has 0 fully saturated rings. The standard InChI is InChI=1S/C4H10N4S4.Mn.H2S.Zn/c5-1-2(6-3(9)10)7-8-4(11)12;;;/h2,7H,1,5H2,(H2,6,9,10)(H2,8,11,12);;1H2;/q;;;+2/p-2. The van der Waals surface area contributed by atoms with Gasteiger partial charge in [0.2, 0.25) is 0 Å². The van der Waals surface area contributed by atoms with Gasteiger partial charge in [0.15, 0.2) is 0 Å². The summed E-state index contributed by atoms with van der Waals surface area (Å²) >= 11 is 18.5. The SMILES string of the molecule is NCC(NNC(=S)[S-])NC(=S)[S-].S.[Mn].[Zn+2]. The fourth-order valence-electron chi connectivity index (χ4n) is 0.442. The molecule has 85 valence electrons. The van der Waals surface area contributed by atoms with Crippen LogP contribution in [0.5, 0.6) is 0 Å². The van der Waals surface area contributed by atoms with E-state index in [0.29, 0.717) is 6.54 Å². The average molecular weight is 395 g/mol. The number of hydrogen-bond donors (Lipinski definition) is 4. The summed E-state index contributed by atoms with van der Waals surface area (Å²) in [6.07, 6.45) is -0.254. The van der Waals surface area contributed by atoms with E-state index < -0.39 is 0 Å². The van der Waals surface area contributed by atoms with Crippen LogP contribution < -0.4 is 21.9 Å². The molecule has 0 saturated heterocycles. The molecule has 0 spiro atoms. The molecule has 0 aliphatic rings. The third kappa shape index (κ3) is 18.2. The Morgan fingerprint density at radius 1 is 1.27 bits per heavy atom. The maximum absolute atomic E-state index is 5.36. The van der Waals surface area contributed by atoms with Crippen molar-refractivity contribution >= 4 is 71.8 Å². The molecule has 1 unspecified atom stereocenters. The largest absolute Gasteiger partial charge is 2.00 e. The molecule has 0 rings (SSSR count). The number of hydrogen-bond acceptors (Lipinski definition) is 6. The first kappa shape index (κ1) is 25.5. The average Bonchev–Trinajstić information content (AvgIpc) is 1.97. The number of nitrogens with two attached hydrogens (primary N) is 1. The predicted molar refractivity (Wildman–Crippen MR) is 72.6 cm³/mol. The summed E-state index contributed by atoms with van der Waals surface area (Å²) in [6.45, 7) is 0.321. The third-order valence-corrected chi connectivity index (χ3v) is 1.32. The summed E-state index contributed by atoms with van der Waals surface area (Å²) in [6, 6.07) is 0. The normalized spacial score (nSPS) is 9.40. The Labute approximate surface area is 141 Å². The monoisotopic (exact) mass is 393 g/mol. The van der Waals surface area contributed by atoms with Crippen molar-refractivity contribution in [3.05, 3.63) is 0 Å². The van der Waals surface area contributed by atoms with Crippen LogP contribution in [-0.4, -0.2) is 21.4 Å². The van der Waals surface area contributed by atoms with Crippen molar-refractivity contribution in [3.63, 3.8) is 0 Å². The topological polar surface area (TPSA) is 62.1 Å². The van der Waals surface area contributed by atoms with E-state index in [1.165, 1.54) is 0 Å². The van der Waals surface area contributed by atoms with Crippen LogP contribution in [-0.2, 0) is 61.8 Å². The van der Waals surface area contributed by atoms with Gasteiger partial charge >= 0.3 is 19.5 Å². The van der Waals surface area contributed by atoms with Crippen LogP contribution >= 0.6 is 37.9 Å². The Balaban J connectivity index is -0.000000202. The zero-order valence-corrected chi connectivity index (χ0v) is 16.0. The van der Waals surface area contributed by atoms with Crippen molar-refractivity contribution < 1.29 is 36.5 Å². The summed E-state index contributed by atoms with van der Waals surface area (Å²) in [5.74, 6) is 0. The Kier molecular flexibility index (Phi) is 26.5. The molecule has 1 radical (unpaired) electrons. The minimum absolute atomic E-state index is 0. The first-order valence-corrected chi connectivity index (χ1v) is 4.59. The van der Waals surface area contributed by atoms with Gasteiger partial charge in [0.25, 0.3) is 0 Å². The van der Waals surface area contributed by atoms with Gasteiger partial charge in [-0.1, -0.05) is 4.32 Å². The maximum Gasteiger partial charge on any atom is 2.00 e. The fraction of sp³-hybridized carbons (Fsp3) is 0.500. The van der Waals surface area contributed by atoms with Gasteiger partial charge < -0.3 is 66.2 Å². The van der Waals surface area contributed by atoms with Gasteiger partial charge in [0.05, 0.1) is 0 Å². The van der Waals surface area contributed by atoms with Gasteiger partial charge in [-0.3, -0.25) is 0 Å². The summed E-state index contributed by atoms with van der Waals surface area (Å²) < 4.78 is 0.459. The van der Waals surface area contributed by atoms with Crippen LogP contribution in [0.15, 0.2) is 0 Å². The first-order valence-electron chi connectivity index (χ1n) is 2.96. The van der Waals surface area contributed by atoms with Crippen LogP contribution in [0.25, 0.3) is 0 Å². The van der Waals surface area contributed by atoms with E-state index in [1.54, 1.807) is 0 Å². The van der Waals surface area contributed by atoms with E-state index in [0.717, 1.165) is 0 Å². The maximum atomic E-state index is 5.36. The number of rotatable bonds is 4. The Morgan fingerprint density at radius 3 is 2.00 bits per heavy atom. The second kappa shape index (κ2) is 15.6. The van der Waals surface area contributed by atoms with Gasteiger partial charge in [-0.2, -0.15) is 13.5 Å². The van der Waals surface area contributed by atoms with Gasteiger partial charge in [-0.05, 0) is 4.32 Å². The van der Waals surface area contributed by atoms with Gasteiger partial charge in [-0.15, -0.1) is 0 Å². The minimum Gasteiger partial charge on any atom is -0.412 e. The smallest absolute Gasteiger partial charge is 0.412 e. The van der Waals surface area contributed by atoms with Gasteiger partial charge in [0.1, 0.15) is 6.17 Å². The van der Waals surface area contributed by atoms with Crippen LogP contribution in [0.3, 0.4) is 0 Å². The number of hydrazine groups is 1. The summed E-state index contributed by atoms with van der Waals surface area (Å²) in [7, 11) is 0. The van der Waals surface area contributed by atoms with Crippen molar-refractivity contribution in [1.82, 2.24) is 16.2 Å². The van der Waals surface area contributed by atoms with Crippen molar-refractivity contribution in [3.8, 4) is 0 Å². The molecule has 5 N–H and O–H groups in total. The van der Waals surface area contributed by atoms with Crippen molar-refractivity contribution in [1.29, 1.82) is 0 Å². The van der Waals surface area contributed by atoms with E-state index in [4.69, 9.17) is 5.73 Å². The molecule has 0 saturated carbocycles. The summed E-state index contributed by atoms with van der Waals surface area (Å²) in [5, 5.41) is 2.73. The van der Waals surface area contributed by atoms with Crippen LogP contribution in [0.2, 0.25) is 0 Å². The fourth-order valence-corrected chi connectivity index (χ4v) is 0.845. The quantitative estimate of drug-likeness (QED) is 0.155. The molecule has 0 bridgehead atoms. The Morgan fingerprint density at radius 2 is 1.73 bits per heavy atom. The van der Waals surface area contributed by atoms with E-state index >= 15 is 0 Å². The van der Waals surface area contributed by atoms with Crippen molar-refractivity contribution in [2.45, 2.75) is 6.17 Å². The molecule has 0 aromatic rings. The first-order chi connectivity index (χ1) is 5.56. The van der Waals surface area contributed by atoms with Gasteiger partial charge in [-0.25, -0.2) is 5.43 Å². The van der Waals surface area contributed by atoms with Crippen LogP contribution in [0.4, 0.5) is 0 Å². The molecule has 0 aliphatic carbocycles. The zero-order chi connectivity index (χ0) is 9.56. The summed E-state index contributed by atoms with van der Waals surface area (Å²) in [4.78, 5) is 0. The number of thiocarbonyl (C=S) groups is 2. The predicted octanol–water partition coefficient (Wildman–Crippen LogP) is -1.27. The molecule has 15 heavy (non-hydrogen) atoms. The van der Waals surface area contributed by atoms with Gasteiger partial charge in [0, 0.05) is 23.6 Å². The Hall–Kier alpha value is 1.63. The molecule has 1 atom stereocenters. The van der Waals surface area contributed by atoms with E-state index in [1.807, 2.05) is 0 Å². The minimum atomic E-state index is -0.254. The third-order valence-electron chi connectivity index (χ3n) is 0.876. The van der Waals surface area contributed by atoms with Crippen LogP contribution in [0, 0.1) is 0 Å². The molecule has 11 heteroatoms. The molecule has 0 heterocycles. The molecule has 0 aromatic heterocycles. The zero-order valence-electron chi connectivity index (χ0n) is 7.58. The van der Waals surface area contributed by atoms with E-state index in [9.17, 15) is 0 Å². The molecule has 0 aromatic carbocycles. The van der Waals surface area contributed by atoms with Crippen LogP contribution in [0.1, 0.15) is 0 Å². The second-order valence-corrected chi connectivity index (χ2v) is 3.93. The molecular weight excluding hydrogens is 385 g/mol. The molecule has 0 amide bonds. The summed E-state index contributed by atoms with van der Waals surface area (Å²) in [5.41, 5.74) is 10.6. The molecule has 4 nitrogen and oxygen atoms in total. The van der Waals surface area contributed by atoms with Crippen molar-refractivity contribution in [2.75, 3.05) is 6.54 Å². The van der Waals surface area contributed by atoms with E-state index in [2.05, 4.69) is 65.9 Å². The molecule has 0 aliphatic heterocycles. The van der Waals surface area contributed by atoms with Crippen molar-refractivity contribution in [2.24, 2.45) is 5.73 Å². The second-order valence-electron chi connectivity index (χ2n) is 1.78. The Bertz CT molecular complexity index is 184. The molecular formula is C4H10MnN4S5Zn. The number of nitrogens with one attached hydrogen (secondary N) is 3. The van der Waals surface area contributed by atoms with E-state index in [-0.39, 0.29) is 64.8 Å².